The number of rotatable bonds is 3. The number of amides is 1. The number of hydrogen-bond donors (Lipinski definition) is 1. The van der Waals surface area contributed by atoms with E-state index in [2.05, 4.69) is 24.3 Å². The minimum absolute atomic E-state index is 0.140. The standard InChI is InChI=1S/C13H22N4OS/c1-13(2)9-17(5-6-19-13)12(18)11(14-3)10-7-15-16(4)8-10/h7-8,11,14H,5-6,9H2,1-4H3. The van der Waals surface area contributed by atoms with Crippen LogP contribution in [0, 0.1) is 0 Å². The van der Waals surface area contributed by atoms with Crippen LogP contribution in [0.15, 0.2) is 12.4 Å². The molecule has 1 N–H and O–H groups in total. The van der Waals surface area contributed by atoms with Gasteiger partial charge in [-0.2, -0.15) is 16.9 Å². The minimum atomic E-state index is -0.299. The number of hydrogen-bond acceptors (Lipinski definition) is 4. The Labute approximate surface area is 118 Å². The van der Waals surface area contributed by atoms with E-state index in [1.54, 1.807) is 10.9 Å². The van der Waals surface area contributed by atoms with Crippen LogP contribution < -0.4 is 5.32 Å². The zero-order valence-electron chi connectivity index (χ0n) is 12.0. The van der Waals surface area contributed by atoms with Crippen molar-refractivity contribution in [1.82, 2.24) is 20.0 Å². The number of likely N-dealkylation sites (N-methyl/N-ethyl adjacent to an activating group) is 1. The molecule has 1 amide bonds. The molecule has 5 nitrogen and oxygen atoms in total. The van der Waals surface area contributed by atoms with E-state index in [0.717, 1.165) is 24.4 Å². The van der Waals surface area contributed by atoms with Gasteiger partial charge >= 0.3 is 0 Å². The third-order valence-electron chi connectivity index (χ3n) is 3.33. The van der Waals surface area contributed by atoms with Crippen LogP contribution in [-0.2, 0) is 11.8 Å². The Morgan fingerprint density at radius 3 is 2.84 bits per heavy atom. The third-order valence-corrected chi connectivity index (χ3v) is 4.63. The van der Waals surface area contributed by atoms with Crippen LogP contribution in [0.25, 0.3) is 0 Å². The van der Waals surface area contributed by atoms with Gasteiger partial charge in [-0.3, -0.25) is 9.48 Å². The molecule has 1 atom stereocenters. The first-order valence-electron chi connectivity index (χ1n) is 6.51. The molecule has 0 spiro atoms. The number of carbonyl (C=O) groups excluding carboxylic acids is 1. The van der Waals surface area contributed by atoms with Gasteiger partial charge in [-0.05, 0) is 20.9 Å². The van der Waals surface area contributed by atoms with E-state index in [1.165, 1.54) is 0 Å². The van der Waals surface area contributed by atoms with Crippen molar-refractivity contribution in [3.63, 3.8) is 0 Å². The van der Waals surface area contributed by atoms with Crippen LogP contribution >= 0.6 is 11.8 Å². The quantitative estimate of drug-likeness (QED) is 0.900. The molecule has 6 heteroatoms. The van der Waals surface area contributed by atoms with Crippen molar-refractivity contribution in [1.29, 1.82) is 0 Å². The van der Waals surface area contributed by atoms with E-state index in [0.29, 0.717) is 0 Å². The fourth-order valence-corrected chi connectivity index (χ4v) is 3.52. The third kappa shape index (κ3) is 3.30. The van der Waals surface area contributed by atoms with Gasteiger partial charge in [-0.15, -0.1) is 0 Å². The molecule has 1 fully saturated rings. The predicted octanol–water partition coefficient (Wildman–Crippen LogP) is 1.03. The van der Waals surface area contributed by atoms with Crippen molar-refractivity contribution in [3.8, 4) is 0 Å². The van der Waals surface area contributed by atoms with Crippen LogP contribution in [0.3, 0.4) is 0 Å². The largest absolute Gasteiger partial charge is 0.339 e. The summed E-state index contributed by atoms with van der Waals surface area (Å²) in [7, 11) is 3.68. The number of nitrogens with zero attached hydrogens (tertiary/aromatic N) is 3. The summed E-state index contributed by atoms with van der Waals surface area (Å²) in [4.78, 5) is 14.6. The second-order valence-corrected chi connectivity index (χ2v) is 7.34. The maximum absolute atomic E-state index is 12.6. The van der Waals surface area contributed by atoms with Crippen LogP contribution in [0.2, 0.25) is 0 Å². The summed E-state index contributed by atoms with van der Waals surface area (Å²) in [6.45, 7) is 6.01. The molecule has 1 unspecified atom stereocenters. The molecule has 1 aromatic heterocycles. The zero-order chi connectivity index (χ0) is 14.0. The lowest BCUT2D eigenvalue weighted by molar-refractivity contribution is -0.133. The number of aryl methyl sites for hydroxylation is 1. The molecule has 0 saturated carbocycles. The number of nitrogens with one attached hydrogen (secondary N) is 1. The van der Waals surface area contributed by atoms with Crippen LogP contribution in [0.5, 0.6) is 0 Å². The summed E-state index contributed by atoms with van der Waals surface area (Å²) in [6, 6.07) is -0.299. The monoisotopic (exact) mass is 282 g/mol. The molecule has 2 rings (SSSR count). The van der Waals surface area contributed by atoms with E-state index in [1.807, 2.05) is 37.0 Å². The van der Waals surface area contributed by atoms with Gasteiger partial charge in [-0.25, -0.2) is 0 Å². The SMILES string of the molecule is CNC(C(=O)N1CCSC(C)(C)C1)c1cnn(C)c1. The molecule has 1 aliphatic rings. The maximum atomic E-state index is 12.6. The molecule has 2 heterocycles. The van der Waals surface area contributed by atoms with Gasteiger partial charge in [0.2, 0.25) is 5.91 Å². The second-order valence-electron chi connectivity index (χ2n) is 5.54. The van der Waals surface area contributed by atoms with Gasteiger partial charge in [0, 0.05) is 42.4 Å². The smallest absolute Gasteiger partial charge is 0.244 e. The first-order valence-corrected chi connectivity index (χ1v) is 7.50. The van der Waals surface area contributed by atoms with Crippen LogP contribution in [-0.4, -0.2) is 51.2 Å². The van der Waals surface area contributed by atoms with Gasteiger partial charge in [0.1, 0.15) is 6.04 Å². The van der Waals surface area contributed by atoms with Gasteiger partial charge in [0.25, 0.3) is 0 Å². The van der Waals surface area contributed by atoms with E-state index in [4.69, 9.17) is 0 Å². The van der Waals surface area contributed by atoms with Gasteiger partial charge in [0.05, 0.1) is 6.20 Å². The summed E-state index contributed by atoms with van der Waals surface area (Å²) < 4.78 is 1.87. The molecule has 19 heavy (non-hydrogen) atoms. The molecular weight excluding hydrogens is 260 g/mol. The fraction of sp³-hybridized carbons (Fsp3) is 0.692. The predicted molar refractivity (Wildman–Crippen MR) is 78.1 cm³/mol. The highest BCUT2D eigenvalue weighted by atomic mass is 32.2. The lowest BCUT2D eigenvalue weighted by Gasteiger charge is -2.38. The summed E-state index contributed by atoms with van der Waals surface area (Å²) in [6.07, 6.45) is 3.64. The van der Waals surface area contributed by atoms with Crippen molar-refractivity contribution < 1.29 is 4.79 Å². The first kappa shape index (κ1) is 14.4. The fourth-order valence-electron chi connectivity index (χ4n) is 2.41. The summed E-state index contributed by atoms with van der Waals surface area (Å²) in [5.74, 6) is 1.14. The molecular formula is C13H22N4OS. The van der Waals surface area contributed by atoms with E-state index in [9.17, 15) is 4.79 Å². The number of aromatic nitrogens is 2. The molecule has 1 saturated heterocycles. The molecule has 0 bridgehead atoms. The van der Waals surface area contributed by atoms with E-state index >= 15 is 0 Å². The van der Waals surface area contributed by atoms with E-state index < -0.39 is 0 Å². The number of carbonyl (C=O) groups is 1. The highest BCUT2D eigenvalue weighted by Crippen LogP contribution is 2.30. The Hall–Kier alpha value is -1.01. The first-order chi connectivity index (χ1) is 8.93. The Bertz CT molecular complexity index is 457. The highest BCUT2D eigenvalue weighted by Gasteiger charge is 2.33. The lowest BCUT2D eigenvalue weighted by Crippen LogP contribution is -2.49. The van der Waals surface area contributed by atoms with Crippen molar-refractivity contribution >= 4 is 17.7 Å². The van der Waals surface area contributed by atoms with Crippen molar-refractivity contribution in [3.05, 3.63) is 18.0 Å². The highest BCUT2D eigenvalue weighted by molar-refractivity contribution is 8.00. The molecule has 0 aliphatic carbocycles. The van der Waals surface area contributed by atoms with Gasteiger partial charge < -0.3 is 10.2 Å². The van der Waals surface area contributed by atoms with Crippen LogP contribution in [0.4, 0.5) is 0 Å². The van der Waals surface area contributed by atoms with E-state index in [-0.39, 0.29) is 16.7 Å². The van der Waals surface area contributed by atoms with Crippen molar-refractivity contribution in [2.75, 3.05) is 25.9 Å². The molecule has 0 aromatic carbocycles. The molecule has 1 aromatic rings. The summed E-state index contributed by atoms with van der Waals surface area (Å²) >= 11 is 1.93. The van der Waals surface area contributed by atoms with Gasteiger partial charge in [0.15, 0.2) is 0 Å². The topological polar surface area (TPSA) is 50.2 Å². The Morgan fingerprint density at radius 2 is 2.32 bits per heavy atom. The zero-order valence-corrected chi connectivity index (χ0v) is 12.8. The Kier molecular flexibility index (Phi) is 4.20. The molecule has 0 radical (unpaired) electrons. The number of thioether (sulfide) groups is 1. The summed E-state index contributed by atoms with van der Waals surface area (Å²) in [5, 5.41) is 7.25. The van der Waals surface area contributed by atoms with Gasteiger partial charge in [-0.1, -0.05) is 0 Å². The van der Waals surface area contributed by atoms with Crippen molar-refractivity contribution in [2.45, 2.75) is 24.6 Å². The second kappa shape index (κ2) is 5.54. The normalized spacial score (nSPS) is 20.3. The Balaban J connectivity index is 2.12. The summed E-state index contributed by atoms with van der Waals surface area (Å²) in [5.41, 5.74) is 0.922. The Morgan fingerprint density at radius 1 is 1.58 bits per heavy atom. The lowest BCUT2D eigenvalue weighted by atomic mass is 10.1. The maximum Gasteiger partial charge on any atom is 0.244 e. The average Bonchev–Trinajstić information content (AvgIpc) is 2.75. The average molecular weight is 282 g/mol. The molecule has 1 aliphatic heterocycles. The molecule has 106 valence electrons. The van der Waals surface area contributed by atoms with Crippen LogP contribution in [0.1, 0.15) is 25.5 Å². The minimum Gasteiger partial charge on any atom is -0.339 e. The van der Waals surface area contributed by atoms with Crippen molar-refractivity contribution in [2.24, 2.45) is 7.05 Å².